The lowest BCUT2D eigenvalue weighted by molar-refractivity contribution is 0.0697. The molecule has 0 saturated carbocycles. The number of hydrogen-bond acceptors (Lipinski definition) is 4. The smallest absolute Gasteiger partial charge is 0.337 e. The maximum atomic E-state index is 12.4. The van der Waals surface area contributed by atoms with Crippen LogP contribution in [0.4, 0.5) is 0 Å². The van der Waals surface area contributed by atoms with E-state index in [9.17, 15) is 13.2 Å². The summed E-state index contributed by atoms with van der Waals surface area (Å²) in [4.78, 5) is 10.9. The van der Waals surface area contributed by atoms with Crippen molar-refractivity contribution in [3.05, 3.63) is 28.8 Å². The zero-order valence-corrected chi connectivity index (χ0v) is 12.3. The van der Waals surface area contributed by atoms with Crippen LogP contribution < -0.4 is 0 Å². The second kappa shape index (κ2) is 5.69. The fourth-order valence-corrected chi connectivity index (χ4v) is 3.80. The van der Waals surface area contributed by atoms with Crippen LogP contribution in [0.2, 0.25) is 5.02 Å². The Hall–Kier alpha value is -1.15. The minimum Gasteiger partial charge on any atom is -0.478 e. The first-order valence-corrected chi connectivity index (χ1v) is 7.74. The minimum absolute atomic E-state index is 0.00707. The van der Waals surface area contributed by atoms with Gasteiger partial charge in [-0.3, -0.25) is 0 Å². The standard InChI is InChI=1S/C12H14ClNO5S/c1-19-8-4-5-14(7-8)20(17,18)9-2-3-11(13)10(6-9)12(15)16/h2-3,6,8H,4-5,7H2,1H3,(H,15,16). The SMILES string of the molecule is COC1CCN(S(=O)(=O)c2ccc(Cl)c(C(=O)O)c2)C1. The van der Waals surface area contributed by atoms with Gasteiger partial charge in [0.05, 0.1) is 21.6 Å². The molecule has 2 rings (SSSR count). The molecule has 1 aromatic carbocycles. The molecule has 1 atom stereocenters. The van der Waals surface area contributed by atoms with Gasteiger partial charge < -0.3 is 9.84 Å². The van der Waals surface area contributed by atoms with Crippen molar-refractivity contribution in [1.29, 1.82) is 0 Å². The van der Waals surface area contributed by atoms with Gasteiger partial charge in [0.25, 0.3) is 0 Å². The van der Waals surface area contributed by atoms with E-state index in [-0.39, 0.29) is 28.1 Å². The van der Waals surface area contributed by atoms with Crippen LogP contribution >= 0.6 is 11.6 Å². The van der Waals surface area contributed by atoms with Crippen molar-refractivity contribution in [1.82, 2.24) is 4.31 Å². The molecule has 1 N–H and O–H groups in total. The Kier molecular flexibility index (Phi) is 4.33. The van der Waals surface area contributed by atoms with E-state index >= 15 is 0 Å². The molecular weight excluding hydrogens is 306 g/mol. The van der Waals surface area contributed by atoms with Crippen molar-refractivity contribution in [2.45, 2.75) is 17.4 Å². The van der Waals surface area contributed by atoms with Crippen LogP contribution in [0, 0.1) is 0 Å². The van der Waals surface area contributed by atoms with Crippen LogP contribution in [-0.4, -0.2) is 50.1 Å². The van der Waals surface area contributed by atoms with Gasteiger partial charge in [-0.05, 0) is 24.6 Å². The molecule has 0 bridgehead atoms. The van der Waals surface area contributed by atoms with Gasteiger partial charge in [-0.25, -0.2) is 13.2 Å². The third-order valence-corrected chi connectivity index (χ3v) is 5.44. The van der Waals surface area contributed by atoms with Crippen molar-refractivity contribution in [2.24, 2.45) is 0 Å². The molecule has 1 heterocycles. The summed E-state index contributed by atoms with van der Waals surface area (Å²) in [5.41, 5.74) is -0.227. The lowest BCUT2D eigenvalue weighted by atomic mass is 10.2. The summed E-state index contributed by atoms with van der Waals surface area (Å²) in [5.74, 6) is -1.26. The molecule has 1 aliphatic heterocycles. The quantitative estimate of drug-likeness (QED) is 0.908. The van der Waals surface area contributed by atoms with Gasteiger partial charge >= 0.3 is 5.97 Å². The average Bonchev–Trinajstić information content (AvgIpc) is 2.88. The molecule has 1 unspecified atom stereocenters. The number of carboxylic acid groups (broad SMARTS) is 1. The van der Waals surface area contributed by atoms with Crippen LogP contribution in [0.25, 0.3) is 0 Å². The van der Waals surface area contributed by atoms with Gasteiger partial charge in [-0.2, -0.15) is 4.31 Å². The number of aromatic carboxylic acids is 1. The Morgan fingerprint density at radius 2 is 2.20 bits per heavy atom. The number of carboxylic acids is 1. The maximum absolute atomic E-state index is 12.4. The first kappa shape index (κ1) is 15.2. The number of sulfonamides is 1. The summed E-state index contributed by atoms with van der Waals surface area (Å²) in [7, 11) is -2.19. The normalized spacial score (nSPS) is 20.2. The number of rotatable bonds is 4. The minimum atomic E-state index is -3.72. The molecule has 0 radical (unpaired) electrons. The maximum Gasteiger partial charge on any atom is 0.337 e. The van der Waals surface area contributed by atoms with Crippen LogP contribution in [0.3, 0.4) is 0 Å². The van der Waals surface area contributed by atoms with Gasteiger partial charge in [0.1, 0.15) is 0 Å². The second-order valence-corrected chi connectivity index (χ2v) is 6.80. The molecule has 0 aliphatic carbocycles. The summed E-state index contributed by atoms with van der Waals surface area (Å²) < 4.78 is 31.3. The van der Waals surface area contributed by atoms with E-state index in [0.29, 0.717) is 13.0 Å². The lowest BCUT2D eigenvalue weighted by Crippen LogP contribution is -2.30. The summed E-state index contributed by atoms with van der Waals surface area (Å²) >= 11 is 5.74. The molecule has 8 heteroatoms. The van der Waals surface area contributed by atoms with E-state index in [0.717, 1.165) is 6.07 Å². The molecule has 1 saturated heterocycles. The zero-order chi connectivity index (χ0) is 14.9. The summed E-state index contributed by atoms with van der Waals surface area (Å²) in [6.07, 6.45) is 0.491. The Balaban J connectivity index is 2.35. The Morgan fingerprint density at radius 3 is 2.75 bits per heavy atom. The second-order valence-electron chi connectivity index (χ2n) is 4.46. The van der Waals surface area contributed by atoms with E-state index < -0.39 is 16.0 Å². The number of methoxy groups -OCH3 is 1. The molecule has 6 nitrogen and oxygen atoms in total. The van der Waals surface area contributed by atoms with Crippen LogP contribution in [0.1, 0.15) is 16.8 Å². The number of hydrogen-bond donors (Lipinski definition) is 1. The highest BCUT2D eigenvalue weighted by atomic mass is 35.5. The van der Waals surface area contributed by atoms with Gasteiger partial charge in [0.2, 0.25) is 10.0 Å². The van der Waals surface area contributed by atoms with Crippen LogP contribution in [0.5, 0.6) is 0 Å². The third-order valence-electron chi connectivity index (χ3n) is 3.25. The van der Waals surface area contributed by atoms with E-state index in [1.165, 1.54) is 23.5 Å². The van der Waals surface area contributed by atoms with Gasteiger partial charge in [0.15, 0.2) is 0 Å². The van der Waals surface area contributed by atoms with Gasteiger partial charge in [0, 0.05) is 20.2 Å². The molecule has 110 valence electrons. The fourth-order valence-electron chi connectivity index (χ4n) is 2.09. The Morgan fingerprint density at radius 1 is 1.50 bits per heavy atom. The van der Waals surface area contributed by atoms with Crippen LogP contribution in [-0.2, 0) is 14.8 Å². The molecule has 1 fully saturated rings. The predicted octanol–water partition coefficient (Wildman–Crippen LogP) is 1.45. The molecule has 0 aromatic heterocycles. The highest BCUT2D eigenvalue weighted by Crippen LogP contribution is 2.25. The van der Waals surface area contributed by atoms with Crippen molar-refractivity contribution in [2.75, 3.05) is 20.2 Å². The molecule has 20 heavy (non-hydrogen) atoms. The Labute approximate surface area is 122 Å². The molecule has 0 amide bonds. The molecule has 1 aromatic rings. The number of benzene rings is 1. The summed E-state index contributed by atoms with van der Waals surface area (Å²) in [6.45, 7) is 0.621. The fraction of sp³-hybridized carbons (Fsp3) is 0.417. The molecular formula is C12H14ClNO5S. The summed E-state index contributed by atoms with van der Waals surface area (Å²) in [5, 5.41) is 9.00. The molecule has 1 aliphatic rings. The first-order chi connectivity index (χ1) is 9.36. The molecule has 0 spiro atoms. The number of ether oxygens (including phenoxy) is 1. The van der Waals surface area contributed by atoms with Crippen LogP contribution in [0.15, 0.2) is 23.1 Å². The zero-order valence-electron chi connectivity index (χ0n) is 10.7. The monoisotopic (exact) mass is 319 g/mol. The third kappa shape index (κ3) is 2.80. The van der Waals surface area contributed by atoms with E-state index in [1.54, 1.807) is 0 Å². The largest absolute Gasteiger partial charge is 0.478 e. The van der Waals surface area contributed by atoms with Crippen molar-refractivity contribution >= 4 is 27.6 Å². The number of halogens is 1. The van der Waals surface area contributed by atoms with Gasteiger partial charge in [-0.15, -0.1) is 0 Å². The summed E-state index contributed by atoms with van der Waals surface area (Å²) in [6, 6.07) is 3.67. The Bertz CT molecular complexity index is 631. The first-order valence-electron chi connectivity index (χ1n) is 5.92. The van der Waals surface area contributed by atoms with E-state index in [2.05, 4.69) is 0 Å². The highest BCUT2D eigenvalue weighted by molar-refractivity contribution is 7.89. The highest BCUT2D eigenvalue weighted by Gasteiger charge is 2.33. The van der Waals surface area contributed by atoms with Crippen molar-refractivity contribution in [3.8, 4) is 0 Å². The lowest BCUT2D eigenvalue weighted by Gasteiger charge is -2.16. The number of nitrogens with zero attached hydrogens (tertiary/aromatic N) is 1. The van der Waals surface area contributed by atoms with Crippen molar-refractivity contribution < 1.29 is 23.1 Å². The predicted molar refractivity (Wildman–Crippen MR) is 72.6 cm³/mol. The van der Waals surface area contributed by atoms with Crippen molar-refractivity contribution in [3.63, 3.8) is 0 Å². The topological polar surface area (TPSA) is 83.9 Å². The number of carbonyl (C=O) groups is 1. The van der Waals surface area contributed by atoms with E-state index in [1.807, 2.05) is 0 Å². The average molecular weight is 320 g/mol. The van der Waals surface area contributed by atoms with E-state index in [4.69, 9.17) is 21.4 Å². The van der Waals surface area contributed by atoms with Gasteiger partial charge in [-0.1, -0.05) is 11.6 Å².